The van der Waals surface area contributed by atoms with Gasteiger partial charge in [0.2, 0.25) is 0 Å². The second-order valence-electron chi connectivity index (χ2n) is 5.00. The first-order valence-corrected chi connectivity index (χ1v) is 6.61. The van der Waals surface area contributed by atoms with Crippen LogP contribution in [-0.2, 0) is 24.5 Å². The van der Waals surface area contributed by atoms with E-state index in [1.54, 1.807) is 0 Å². The van der Waals surface area contributed by atoms with Gasteiger partial charge in [0.05, 0.1) is 13.7 Å². The van der Waals surface area contributed by atoms with Crippen LogP contribution in [0.2, 0.25) is 0 Å². The smallest absolute Gasteiger partial charge is 0.423 e. The fourth-order valence-electron chi connectivity index (χ4n) is 2.15. The van der Waals surface area contributed by atoms with Crippen LogP contribution in [0.5, 0.6) is 0 Å². The topological polar surface area (TPSA) is 83.4 Å². The number of hydrogen-bond acceptors (Lipinski definition) is 5. The monoisotopic (exact) mass is 346 g/mol. The molecule has 24 heavy (non-hydrogen) atoms. The number of hydrogen-bond donors (Lipinski definition) is 0. The number of rotatable bonds is 3. The number of aryl methyl sites for hydroxylation is 2. The van der Waals surface area contributed by atoms with E-state index in [2.05, 4.69) is 4.74 Å². The van der Waals surface area contributed by atoms with E-state index >= 15 is 0 Å². The number of nitrogens with zero attached hydrogens (tertiary/aromatic N) is 2. The SMILES string of the molecule is COC(=O)c1cc(Cn2c(=O)c(C(F)(F)F)cn(C)c2=O)oc1C. The van der Waals surface area contributed by atoms with Gasteiger partial charge in [-0.3, -0.25) is 9.36 Å². The van der Waals surface area contributed by atoms with E-state index in [-0.39, 0.29) is 17.1 Å². The molecule has 0 spiro atoms. The summed E-state index contributed by atoms with van der Waals surface area (Å²) in [6, 6.07) is 1.22. The Morgan fingerprint density at radius 1 is 1.33 bits per heavy atom. The molecule has 2 rings (SSSR count). The zero-order valence-corrected chi connectivity index (χ0v) is 12.9. The molecule has 0 radical (unpaired) electrons. The summed E-state index contributed by atoms with van der Waals surface area (Å²) in [5.74, 6) is -0.563. The number of alkyl halides is 3. The molecule has 0 saturated heterocycles. The Morgan fingerprint density at radius 3 is 2.50 bits per heavy atom. The molecule has 10 heteroatoms. The summed E-state index contributed by atoms with van der Waals surface area (Å²) < 4.78 is 49.5. The number of aromatic nitrogens is 2. The Hall–Kier alpha value is -2.78. The standard InChI is InChI=1S/C14H13F3N2O5/c1-7-9(12(21)23-3)4-8(24-7)5-19-11(20)10(14(15,16)17)6-18(2)13(19)22/h4,6H,5H2,1-3H3. The number of methoxy groups -OCH3 is 1. The van der Waals surface area contributed by atoms with Gasteiger partial charge in [0.15, 0.2) is 0 Å². The van der Waals surface area contributed by atoms with E-state index in [4.69, 9.17) is 4.42 Å². The van der Waals surface area contributed by atoms with Gasteiger partial charge in [0.25, 0.3) is 5.56 Å². The van der Waals surface area contributed by atoms with Gasteiger partial charge < -0.3 is 13.7 Å². The van der Waals surface area contributed by atoms with Crippen LogP contribution < -0.4 is 11.2 Å². The zero-order valence-electron chi connectivity index (χ0n) is 12.9. The van der Waals surface area contributed by atoms with Gasteiger partial charge in [-0.2, -0.15) is 13.2 Å². The van der Waals surface area contributed by atoms with E-state index in [0.29, 0.717) is 15.3 Å². The lowest BCUT2D eigenvalue weighted by Gasteiger charge is -2.11. The second-order valence-corrected chi connectivity index (χ2v) is 5.00. The molecule has 7 nitrogen and oxygen atoms in total. The van der Waals surface area contributed by atoms with Gasteiger partial charge in [-0.1, -0.05) is 0 Å². The maximum absolute atomic E-state index is 12.9. The van der Waals surface area contributed by atoms with Crippen molar-refractivity contribution in [3.05, 3.63) is 55.7 Å². The lowest BCUT2D eigenvalue weighted by atomic mass is 10.2. The van der Waals surface area contributed by atoms with Crippen molar-refractivity contribution < 1.29 is 27.1 Å². The molecule has 0 aliphatic carbocycles. The molecule has 0 aliphatic rings. The maximum atomic E-state index is 12.9. The van der Waals surface area contributed by atoms with Gasteiger partial charge in [0.1, 0.15) is 22.6 Å². The van der Waals surface area contributed by atoms with Crippen LogP contribution in [0, 0.1) is 6.92 Å². The van der Waals surface area contributed by atoms with Crippen LogP contribution in [0.1, 0.15) is 27.4 Å². The molecule has 130 valence electrons. The third kappa shape index (κ3) is 3.12. The highest BCUT2D eigenvalue weighted by molar-refractivity contribution is 5.90. The van der Waals surface area contributed by atoms with Crippen LogP contribution in [0.15, 0.2) is 26.3 Å². The van der Waals surface area contributed by atoms with Crippen molar-refractivity contribution in [2.45, 2.75) is 19.6 Å². The van der Waals surface area contributed by atoms with Crippen molar-refractivity contribution in [3.63, 3.8) is 0 Å². The molecule has 0 unspecified atom stereocenters. The quantitative estimate of drug-likeness (QED) is 0.783. The van der Waals surface area contributed by atoms with Crippen LogP contribution >= 0.6 is 0 Å². The van der Waals surface area contributed by atoms with Gasteiger partial charge in [0, 0.05) is 13.2 Å². The normalized spacial score (nSPS) is 11.6. The Balaban J connectivity index is 2.55. The van der Waals surface area contributed by atoms with Gasteiger partial charge in [-0.05, 0) is 13.0 Å². The van der Waals surface area contributed by atoms with E-state index in [1.165, 1.54) is 13.0 Å². The van der Waals surface area contributed by atoms with Crippen LogP contribution in [-0.4, -0.2) is 22.2 Å². The summed E-state index contributed by atoms with van der Waals surface area (Å²) >= 11 is 0. The van der Waals surface area contributed by atoms with Crippen molar-refractivity contribution in [3.8, 4) is 0 Å². The molecule has 2 heterocycles. The summed E-state index contributed by atoms with van der Waals surface area (Å²) in [5.41, 5.74) is -3.84. The number of esters is 1. The fourth-order valence-corrected chi connectivity index (χ4v) is 2.15. The minimum absolute atomic E-state index is 0.0218. The molecule has 0 aromatic carbocycles. The van der Waals surface area contributed by atoms with Crippen molar-refractivity contribution in [1.82, 2.24) is 9.13 Å². The lowest BCUT2D eigenvalue weighted by Crippen LogP contribution is -2.42. The average molecular weight is 346 g/mol. The minimum Gasteiger partial charge on any atom is -0.465 e. The number of furan rings is 1. The van der Waals surface area contributed by atoms with E-state index in [9.17, 15) is 27.6 Å². The summed E-state index contributed by atoms with van der Waals surface area (Å²) in [6.45, 7) is 0.899. The van der Waals surface area contributed by atoms with Crippen LogP contribution in [0.4, 0.5) is 13.2 Å². The molecule has 0 N–H and O–H groups in total. The minimum atomic E-state index is -4.90. The largest absolute Gasteiger partial charge is 0.465 e. The summed E-state index contributed by atoms with van der Waals surface area (Å²) in [6.07, 6.45) is -4.46. The number of carbonyl (C=O) groups is 1. The maximum Gasteiger partial charge on any atom is 0.423 e. The van der Waals surface area contributed by atoms with E-state index in [0.717, 1.165) is 14.2 Å². The van der Waals surface area contributed by atoms with Gasteiger partial charge in [-0.25, -0.2) is 9.59 Å². The highest BCUT2D eigenvalue weighted by atomic mass is 19.4. The first-order valence-electron chi connectivity index (χ1n) is 6.61. The molecule has 2 aromatic rings. The summed E-state index contributed by atoms with van der Waals surface area (Å²) in [7, 11) is 2.25. The van der Waals surface area contributed by atoms with Crippen molar-refractivity contribution >= 4 is 5.97 Å². The molecule has 0 bridgehead atoms. The molecule has 0 amide bonds. The molecular weight excluding hydrogens is 333 g/mol. The molecule has 0 saturated carbocycles. The molecule has 0 atom stereocenters. The van der Waals surface area contributed by atoms with Crippen LogP contribution in [0.25, 0.3) is 0 Å². The average Bonchev–Trinajstić information content (AvgIpc) is 2.86. The molecule has 0 fully saturated rings. The van der Waals surface area contributed by atoms with Gasteiger partial charge in [-0.15, -0.1) is 0 Å². The fraction of sp³-hybridized carbons (Fsp3) is 0.357. The third-order valence-electron chi connectivity index (χ3n) is 3.32. The van der Waals surface area contributed by atoms with Crippen molar-refractivity contribution in [2.75, 3.05) is 7.11 Å². The summed E-state index contributed by atoms with van der Waals surface area (Å²) in [5, 5.41) is 0. The predicted molar refractivity (Wildman–Crippen MR) is 74.8 cm³/mol. The number of ether oxygens (including phenoxy) is 1. The van der Waals surface area contributed by atoms with Crippen molar-refractivity contribution in [2.24, 2.45) is 7.05 Å². The Bertz CT molecular complexity index is 905. The Morgan fingerprint density at radius 2 is 1.96 bits per heavy atom. The first-order chi connectivity index (χ1) is 11.1. The first kappa shape index (κ1) is 17.6. The highest BCUT2D eigenvalue weighted by Gasteiger charge is 2.36. The highest BCUT2D eigenvalue weighted by Crippen LogP contribution is 2.25. The molecule has 0 aliphatic heterocycles. The second kappa shape index (κ2) is 6.02. The van der Waals surface area contributed by atoms with E-state index < -0.39 is 35.5 Å². The Labute approximate surface area is 132 Å². The third-order valence-corrected chi connectivity index (χ3v) is 3.32. The Kier molecular flexibility index (Phi) is 4.41. The van der Waals surface area contributed by atoms with Crippen LogP contribution in [0.3, 0.4) is 0 Å². The summed E-state index contributed by atoms with van der Waals surface area (Å²) in [4.78, 5) is 35.5. The zero-order chi connectivity index (χ0) is 18.2. The lowest BCUT2D eigenvalue weighted by molar-refractivity contribution is -0.139. The van der Waals surface area contributed by atoms with Crippen molar-refractivity contribution in [1.29, 1.82) is 0 Å². The molecular formula is C14H13F3N2O5. The predicted octanol–water partition coefficient (Wildman–Crippen LogP) is 1.30. The van der Waals surface area contributed by atoms with E-state index in [1.807, 2.05) is 0 Å². The molecule has 2 aromatic heterocycles. The number of halogens is 3. The number of carbonyl (C=O) groups excluding carboxylic acids is 1. The van der Waals surface area contributed by atoms with Gasteiger partial charge >= 0.3 is 17.8 Å².